The Kier molecular flexibility index (Phi) is 3.53. The molecule has 2 rings (SSSR count). The largest absolute Gasteiger partial charge is 0.336 e. The second-order valence-electron chi connectivity index (χ2n) is 3.49. The van der Waals surface area contributed by atoms with E-state index < -0.39 is 0 Å². The lowest BCUT2D eigenvalue weighted by atomic mass is 10.3. The molecule has 2 aromatic heterocycles. The maximum absolute atomic E-state index is 4.01. The van der Waals surface area contributed by atoms with Crippen LogP contribution < -0.4 is 5.32 Å². The molecule has 0 aliphatic heterocycles. The highest BCUT2D eigenvalue weighted by Gasteiger charge is 2.04. The highest BCUT2D eigenvalue weighted by Crippen LogP contribution is 2.17. The third-order valence-electron chi connectivity index (χ3n) is 2.35. The molecule has 0 bridgehead atoms. The van der Waals surface area contributed by atoms with E-state index in [2.05, 4.69) is 39.3 Å². The molecule has 80 valence electrons. The fourth-order valence-electron chi connectivity index (χ4n) is 1.47. The highest BCUT2D eigenvalue weighted by atomic mass is 32.1. The standard InChI is InChI=1S/C11H15N3S/c1-10(11-3-2-8-15-11)13-5-7-14-6-4-12-9-14/h2-4,6,8-10,13H,5,7H2,1H3. The van der Waals surface area contributed by atoms with Gasteiger partial charge in [-0.3, -0.25) is 0 Å². The number of nitrogens with zero attached hydrogens (tertiary/aromatic N) is 2. The molecule has 4 heteroatoms. The van der Waals surface area contributed by atoms with Gasteiger partial charge in [-0.15, -0.1) is 11.3 Å². The predicted octanol–water partition coefficient (Wildman–Crippen LogP) is 2.30. The third-order valence-corrected chi connectivity index (χ3v) is 3.40. The van der Waals surface area contributed by atoms with Crippen molar-refractivity contribution in [2.24, 2.45) is 0 Å². The number of hydrogen-bond donors (Lipinski definition) is 1. The van der Waals surface area contributed by atoms with Gasteiger partial charge in [-0.05, 0) is 18.4 Å². The summed E-state index contributed by atoms with van der Waals surface area (Å²) in [6.45, 7) is 4.13. The summed E-state index contributed by atoms with van der Waals surface area (Å²) in [5.41, 5.74) is 0. The molecule has 1 N–H and O–H groups in total. The summed E-state index contributed by atoms with van der Waals surface area (Å²) in [4.78, 5) is 5.40. The number of hydrogen-bond acceptors (Lipinski definition) is 3. The first-order valence-corrected chi connectivity index (χ1v) is 5.97. The van der Waals surface area contributed by atoms with Crippen molar-refractivity contribution in [2.45, 2.75) is 19.5 Å². The summed E-state index contributed by atoms with van der Waals surface area (Å²) in [6, 6.07) is 4.70. The minimum Gasteiger partial charge on any atom is -0.336 e. The van der Waals surface area contributed by atoms with Crippen LogP contribution in [0.4, 0.5) is 0 Å². The molecule has 0 aliphatic carbocycles. The van der Waals surface area contributed by atoms with E-state index in [0.29, 0.717) is 6.04 Å². The van der Waals surface area contributed by atoms with Gasteiger partial charge in [0.2, 0.25) is 0 Å². The molecular weight excluding hydrogens is 206 g/mol. The summed E-state index contributed by atoms with van der Waals surface area (Å²) in [7, 11) is 0. The number of rotatable bonds is 5. The Labute approximate surface area is 93.8 Å². The minimum absolute atomic E-state index is 0.438. The molecule has 0 spiro atoms. The van der Waals surface area contributed by atoms with E-state index in [-0.39, 0.29) is 0 Å². The van der Waals surface area contributed by atoms with E-state index in [0.717, 1.165) is 13.1 Å². The van der Waals surface area contributed by atoms with Gasteiger partial charge in [-0.2, -0.15) is 0 Å². The average Bonchev–Trinajstić information content (AvgIpc) is 2.90. The zero-order valence-corrected chi connectivity index (χ0v) is 9.57. The van der Waals surface area contributed by atoms with Gasteiger partial charge >= 0.3 is 0 Å². The Hall–Kier alpha value is -1.13. The van der Waals surface area contributed by atoms with Crippen LogP contribution in [-0.2, 0) is 6.54 Å². The second kappa shape index (κ2) is 5.09. The Morgan fingerprint density at radius 2 is 2.53 bits per heavy atom. The van der Waals surface area contributed by atoms with Gasteiger partial charge in [0.05, 0.1) is 6.33 Å². The lowest BCUT2D eigenvalue weighted by molar-refractivity contribution is 0.536. The van der Waals surface area contributed by atoms with E-state index >= 15 is 0 Å². The maximum Gasteiger partial charge on any atom is 0.0946 e. The Bertz CT molecular complexity index is 366. The Balaban J connectivity index is 1.74. The number of imidazole rings is 1. The molecule has 0 amide bonds. The topological polar surface area (TPSA) is 29.9 Å². The third kappa shape index (κ3) is 2.91. The Morgan fingerprint density at radius 1 is 1.60 bits per heavy atom. The lowest BCUT2D eigenvalue weighted by Gasteiger charge is -2.11. The molecule has 2 aromatic rings. The number of nitrogens with one attached hydrogen (secondary N) is 1. The summed E-state index contributed by atoms with van der Waals surface area (Å²) in [6.07, 6.45) is 5.64. The van der Waals surface area contributed by atoms with Crippen LogP contribution in [0.2, 0.25) is 0 Å². The fourth-order valence-corrected chi connectivity index (χ4v) is 2.23. The molecule has 0 saturated heterocycles. The van der Waals surface area contributed by atoms with Crippen molar-refractivity contribution in [1.29, 1.82) is 0 Å². The lowest BCUT2D eigenvalue weighted by Crippen LogP contribution is -2.22. The average molecular weight is 221 g/mol. The highest BCUT2D eigenvalue weighted by molar-refractivity contribution is 7.10. The summed E-state index contributed by atoms with van der Waals surface area (Å²) >= 11 is 1.80. The molecule has 0 aliphatic rings. The molecule has 0 radical (unpaired) electrons. The van der Waals surface area contributed by atoms with Crippen LogP contribution in [0.15, 0.2) is 36.2 Å². The number of thiophene rings is 1. The molecule has 1 atom stereocenters. The zero-order chi connectivity index (χ0) is 10.5. The first kappa shape index (κ1) is 10.4. The molecule has 0 fully saturated rings. The van der Waals surface area contributed by atoms with Crippen LogP contribution in [-0.4, -0.2) is 16.1 Å². The quantitative estimate of drug-likeness (QED) is 0.839. The minimum atomic E-state index is 0.438. The van der Waals surface area contributed by atoms with Crippen LogP contribution in [0.5, 0.6) is 0 Å². The molecule has 0 aromatic carbocycles. The van der Waals surface area contributed by atoms with Gasteiger partial charge in [-0.1, -0.05) is 6.07 Å². The van der Waals surface area contributed by atoms with Crippen molar-refractivity contribution < 1.29 is 0 Å². The summed E-state index contributed by atoms with van der Waals surface area (Å²) in [5.74, 6) is 0. The first-order valence-electron chi connectivity index (χ1n) is 5.09. The van der Waals surface area contributed by atoms with Crippen molar-refractivity contribution in [1.82, 2.24) is 14.9 Å². The van der Waals surface area contributed by atoms with Crippen LogP contribution in [0.1, 0.15) is 17.8 Å². The molecule has 15 heavy (non-hydrogen) atoms. The fraction of sp³-hybridized carbons (Fsp3) is 0.364. The molecule has 0 saturated carbocycles. The molecule has 3 nitrogen and oxygen atoms in total. The van der Waals surface area contributed by atoms with E-state index in [9.17, 15) is 0 Å². The van der Waals surface area contributed by atoms with Gasteiger partial charge in [-0.25, -0.2) is 4.98 Å². The Morgan fingerprint density at radius 3 is 3.20 bits per heavy atom. The van der Waals surface area contributed by atoms with Crippen LogP contribution in [0, 0.1) is 0 Å². The van der Waals surface area contributed by atoms with Gasteiger partial charge in [0.25, 0.3) is 0 Å². The molecular formula is C11H15N3S. The van der Waals surface area contributed by atoms with E-state index in [1.54, 1.807) is 11.3 Å². The predicted molar refractivity (Wildman–Crippen MR) is 63.0 cm³/mol. The van der Waals surface area contributed by atoms with Gasteiger partial charge in [0.15, 0.2) is 0 Å². The van der Waals surface area contributed by atoms with Crippen molar-refractivity contribution in [2.75, 3.05) is 6.54 Å². The van der Waals surface area contributed by atoms with E-state index in [4.69, 9.17) is 0 Å². The normalized spacial score (nSPS) is 12.9. The number of aromatic nitrogens is 2. The summed E-state index contributed by atoms with van der Waals surface area (Å²) in [5, 5.41) is 5.60. The van der Waals surface area contributed by atoms with Crippen molar-refractivity contribution >= 4 is 11.3 Å². The van der Waals surface area contributed by atoms with Crippen molar-refractivity contribution in [3.05, 3.63) is 41.1 Å². The van der Waals surface area contributed by atoms with Crippen LogP contribution in [0.3, 0.4) is 0 Å². The molecule has 1 unspecified atom stereocenters. The van der Waals surface area contributed by atoms with Crippen molar-refractivity contribution in [3.8, 4) is 0 Å². The van der Waals surface area contributed by atoms with Crippen molar-refractivity contribution in [3.63, 3.8) is 0 Å². The monoisotopic (exact) mass is 221 g/mol. The first-order chi connectivity index (χ1) is 7.36. The summed E-state index contributed by atoms with van der Waals surface area (Å²) < 4.78 is 2.08. The van der Waals surface area contributed by atoms with Gasteiger partial charge in [0, 0.05) is 36.4 Å². The van der Waals surface area contributed by atoms with Gasteiger partial charge in [0.1, 0.15) is 0 Å². The van der Waals surface area contributed by atoms with E-state index in [1.807, 2.05) is 18.7 Å². The zero-order valence-electron chi connectivity index (χ0n) is 8.76. The van der Waals surface area contributed by atoms with Gasteiger partial charge < -0.3 is 9.88 Å². The SMILES string of the molecule is CC(NCCn1ccnc1)c1cccs1. The van der Waals surface area contributed by atoms with Crippen LogP contribution in [0.25, 0.3) is 0 Å². The second-order valence-corrected chi connectivity index (χ2v) is 4.47. The maximum atomic E-state index is 4.01. The molecule has 2 heterocycles. The smallest absolute Gasteiger partial charge is 0.0946 e. The van der Waals surface area contributed by atoms with E-state index in [1.165, 1.54) is 4.88 Å². The van der Waals surface area contributed by atoms with Crippen LogP contribution >= 0.6 is 11.3 Å².